The Kier molecular flexibility index (Phi) is 3.19. The summed E-state index contributed by atoms with van der Waals surface area (Å²) in [5.41, 5.74) is 2.09. The number of nitrogens with zero attached hydrogens (tertiary/aromatic N) is 1. The Balaban J connectivity index is 1.88. The van der Waals surface area contributed by atoms with Crippen LogP contribution in [0.15, 0.2) is 30.3 Å². The first-order valence-corrected chi connectivity index (χ1v) is 7.62. The minimum absolute atomic E-state index is 0.486. The molecule has 1 aliphatic carbocycles. The van der Waals surface area contributed by atoms with Crippen molar-refractivity contribution in [3.63, 3.8) is 0 Å². The van der Waals surface area contributed by atoms with Crippen molar-refractivity contribution in [1.82, 2.24) is 0 Å². The SMILES string of the molecule is C[N+]1(CC2(c3ccccc3)CCCC2)CCCC1. The number of hydrogen-bond donors (Lipinski definition) is 0. The molecule has 0 radical (unpaired) electrons. The summed E-state index contributed by atoms with van der Waals surface area (Å²) in [6.45, 7) is 4.17. The fourth-order valence-corrected chi connectivity index (χ4v) is 4.37. The van der Waals surface area contributed by atoms with Gasteiger partial charge in [-0.15, -0.1) is 0 Å². The summed E-state index contributed by atoms with van der Waals surface area (Å²) in [4.78, 5) is 0. The van der Waals surface area contributed by atoms with Crippen LogP contribution in [0.3, 0.4) is 0 Å². The maximum Gasteiger partial charge on any atom is 0.0882 e. The van der Waals surface area contributed by atoms with E-state index in [0.717, 1.165) is 0 Å². The van der Waals surface area contributed by atoms with E-state index in [1.165, 1.54) is 62.6 Å². The van der Waals surface area contributed by atoms with Crippen molar-refractivity contribution in [2.75, 3.05) is 26.7 Å². The van der Waals surface area contributed by atoms with Gasteiger partial charge in [-0.1, -0.05) is 43.2 Å². The summed E-state index contributed by atoms with van der Waals surface area (Å²) in [5.74, 6) is 0. The minimum atomic E-state index is 0.486. The highest BCUT2D eigenvalue weighted by Crippen LogP contribution is 2.43. The van der Waals surface area contributed by atoms with E-state index >= 15 is 0 Å². The zero-order chi connectivity index (χ0) is 12.5. The molecule has 0 spiro atoms. The van der Waals surface area contributed by atoms with Crippen LogP contribution in [0.4, 0.5) is 0 Å². The molecular weight excluding hydrogens is 218 g/mol. The van der Waals surface area contributed by atoms with E-state index < -0.39 is 0 Å². The molecule has 1 aliphatic heterocycles. The highest BCUT2D eigenvalue weighted by molar-refractivity contribution is 5.26. The second kappa shape index (κ2) is 4.70. The van der Waals surface area contributed by atoms with E-state index in [9.17, 15) is 0 Å². The predicted molar refractivity (Wildman–Crippen MR) is 76.6 cm³/mol. The Labute approximate surface area is 111 Å². The topological polar surface area (TPSA) is 0 Å². The summed E-state index contributed by atoms with van der Waals surface area (Å²) in [6.07, 6.45) is 8.53. The van der Waals surface area contributed by atoms with Crippen molar-refractivity contribution in [2.24, 2.45) is 0 Å². The van der Waals surface area contributed by atoms with Gasteiger partial charge in [-0.05, 0) is 18.4 Å². The van der Waals surface area contributed by atoms with Crippen molar-refractivity contribution >= 4 is 0 Å². The zero-order valence-electron chi connectivity index (χ0n) is 11.7. The maximum absolute atomic E-state index is 2.48. The third-order valence-electron chi connectivity index (χ3n) is 5.28. The van der Waals surface area contributed by atoms with E-state index in [1.54, 1.807) is 5.56 Å². The van der Waals surface area contributed by atoms with Gasteiger partial charge in [0, 0.05) is 18.3 Å². The molecule has 1 nitrogen and oxygen atoms in total. The van der Waals surface area contributed by atoms with Gasteiger partial charge in [0.25, 0.3) is 0 Å². The summed E-state index contributed by atoms with van der Waals surface area (Å²) in [7, 11) is 2.48. The fraction of sp³-hybridized carbons (Fsp3) is 0.647. The Morgan fingerprint density at radius 1 is 0.944 bits per heavy atom. The molecule has 1 saturated heterocycles. The van der Waals surface area contributed by atoms with Crippen LogP contribution in [0.25, 0.3) is 0 Å². The quantitative estimate of drug-likeness (QED) is 0.711. The summed E-state index contributed by atoms with van der Waals surface area (Å²) in [6, 6.07) is 11.3. The number of hydrogen-bond acceptors (Lipinski definition) is 0. The molecule has 2 fully saturated rings. The smallest absolute Gasteiger partial charge is 0.0882 e. The van der Waals surface area contributed by atoms with Crippen LogP contribution in [0.5, 0.6) is 0 Å². The largest absolute Gasteiger partial charge is 0.325 e. The minimum Gasteiger partial charge on any atom is -0.325 e. The standard InChI is InChI=1S/C17H26N/c1-18(13-7-8-14-18)15-17(11-5-6-12-17)16-9-3-2-4-10-16/h2-4,9-10H,5-8,11-15H2,1H3/q+1. The van der Waals surface area contributed by atoms with Crippen molar-refractivity contribution in [2.45, 2.75) is 43.9 Å². The third kappa shape index (κ3) is 2.21. The molecule has 1 aromatic rings. The summed E-state index contributed by atoms with van der Waals surface area (Å²) < 4.78 is 1.31. The van der Waals surface area contributed by atoms with Gasteiger partial charge in [0.2, 0.25) is 0 Å². The molecule has 1 saturated carbocycles. The van der Waals surface area contributed by atoms with Crippen molar-refractivity contribution in [3.8, 4) is 0 Å². The van der Waals surface area contributed by atoms with Crippen LogP contribution in [0.2, 0.25) is 0 Å². The number of quaternary nitrogens is 1. The molecule has 0 unspecified atom stereocenters. The number of likely N-dealkylation sites (N-methyl/N-ethyl adjacent to an activating group) is 1. The van der Waals surface area contributed by atoms with Gasteiger partial charge in [0.1, 0.15) is 0 Å². The van der Waals surface area contributed by atoms with Gasteiger partial charge in [-0.25, -0.2) is 0 Å². The van der Waals surface area contributed by atoms with Gasteiger partial charge in [0.05, 0.1) is 26.7 Å². The molecular formula is C17H26N+. The van der Waals surface area contributed by atoms with E-state index in [-0.39, 0.29) is 0 Å². The molecule has 0 amide bonds. The molecule has 18 heavy (non-hydrogen) atoms. The molecule has 0 aromatic heterocycles. The molecule has 98 valence electrons. The number of likely N-dealkylation sites (tertiary alicyclic amines) is 1. The second-order valence-electron chi connectivity index (χ2n) is 6.79. The highest BCUT2D eigenvalue weighted by atomic mass is 15.3. The zero-order valence-corrected chi connectivity index (χ0v) is 11.7. The van der Waals surface area contributed by atoms with Gasteiger partial charge >= 0.3 is 0 Å². The van der Waals surface area contributed by atoms with Gasteiger partial charge < -0.3 is 4.48 Å². The molecule has 0 N–H and O–H groups in total. The summed E-state index contributed by atoms with van der Waals surface area (Å²) >= 11 is 0. The van der Waals surface area contributed by atoms with Gasteiger partial charge in [0.15, 0.2) is 0 Å². The molecule has 1 heterocycles. The highest BCUT2D eigenvalue weighted by Gasteiger charge is 2.43. The lowest BCUT2D eigenvalue weighted by atomic mass is 9.78. The van der Waals surface area contributed by atoms with Crippen molar-refractivity contribution < 1.29 is 4.48 Å². The third-order valence-corrected chi connectivity index (χ3v) is 5.28. The Morgan fingerprint density at radius 2 is 1.56 bits per heavy atom. The number of rotatable bonds is 3. The normalized spacial score (nSPS) is 25.4. The fourth-order valence-electron chi connectivity index (χ4n) is 4.37. The number of benzene rings is 1. The van der Waals surface area contributed by atoms with E-state index in [2.05, 4.69) is 37.4 Å². The Bertz CT molecular complexity index is 383. The summed E-state index contributed by atoms with van der Waals surface area (Å²) in [5, 5.41) is 0. The molecule has 3 rings (SSSR count). The molecule has 0 atom stereocenters. The van der Waals surface area contributed by atoms with Crippen LogP contribution in [0, 0.1) is 0 Å². The van der Waals surface area contributed by atoms with Gasteiger partial charge in [-0.2, -0.15) is 0 Å². The van der Waals surface area contributed by atoms with Gasteiger partial charge in [-0.3, -0.25) is 0 Å². The van der Waals surface area contributed by atoms with Crippen LogP contribution in [-0.2, 0) is 5.41 Å². The van der Waals surface area contributed by atoms with Crippen molar-refractivity contribution in [3.05, 3.63) is 35.9 Å². The van der Waals surface area contributed by atoms with Crippen LogP contribution < -0.4 is 0 Å². The second-order valence-corrected chi connectivity index (χ2v) is 6.79. The van der Waals surface area contributed by atoms with Crippen LogP contribution in [0.1, 0.15) is 44.1 Å². The molecule has 2 aliphatic rings. The molecule has 0 bridgehead atoms. The van der Waals surface area contributed by atoms with E-state index in [1.807, 2.05) is 0 Å². The first-order chi connectivity index (χ1) is 8.73. The molecule has 1 aromatic carbocycles. The lowest BCUT2D eigenvalue weighted by Crippen LogP contribution is -2.50. The first-order valence-electron chi connectivity index (χ1n) is 7.62. The lowest BCUT2D eigenvalue weighted by Gasteiger charge is -2.39. The Morgan fingerprint density at radius 3 is 2.17 bits per heavy atom. The average molecular weight is 244 g/mol. The Hall–Kier alpha value is -0.820. The van der Waals surface area contributed by atoms with E-state index in [4.69, 9.17) is 0 Å². The van der Waals surface area contributed by atoms with Crippen LogP contribution >= 0.6 is 0 Å². The first kappa shape index (κ1) is 12.2. The van der Waals surface area contributed by atoms with Crippen LogP contribution in [-0.4, -0.2) is 31.2 Å². The van der Waals surface area contributed by atoms with Crippen molar-refractivity contribution in [1.29, 1.82) is 0 Å². The van der Waals surface area contributed by atoms with E-state index in [0.29, 0.717) is 5.41 Å². The predicted octanol–water partition coefficient (Wildman–Crippen LogP) is 3.74. The average Bonchev–Trinajstić information content (AvgIpc) is 3.01. The monoisotopic (exact) mass is 244 g/mol. The molecule has 1 heteroatoms. The lowest BCUT2D eigenvalue weighted by molar-refractivity contribution is -0.901. The maximum atomic E-state index is 2.48.